The highest BCUT2D eigenvalue weighted by Crippen LogP contribution is 2.30. The highest BCUT2D eigenvalue weighted by Gasteiger charge is 2.15. The van der Waals surface area contributed by atoms with Crippen LogP contribution in [0.1, 0.15) is 22.8 Å². The van der Waals surface area contributed by atoms with E-state index < -0.39 is 11.6 Å². The summed E-state index contributed by atoms with van der Waals surface area (Å²) in [6.45, 7) is 1.84. The van der Waals surface area contributed by atoms with Crippen LogP contribution in [0.5, 0.6) is 0 Å². The van der Waals surface area contributed by atoms with Gasteiger partial charge in [0.25, 0.3) is 11.5 Å². The normalized spacial score (nSPS) is 10.4. The van der Waals surface area contributed by atoms with E-state index >= 15 is 0 Å². The minimum absolute atomic E-state index is 0.0674. The average molecular weight is 450 g/mol. The number of hydrogen-bond donors (Lipinski definition) is 5. The third-order valence-corrected chi connectivity index (χ3v) is 5.03. The van der Waals surface area contributed by atoms with Gasteiger partial charge in [-0.2, -0.15) is 0 Å². The summed E-state index contributed by atoms with van der Waals surface area (Å²) in [5, 5.41) is 18.0. The van der Waals surface area contributed by atoms with Crippen molar-refractivity contribution in [2.24, 2.45) is 0 Å². The number of urea groups is 1. The van der Waals surface area contributed by atoms with Crippen LogP contribution >= 0.6 is 0 Å². The number of aromatic amines is 1. The van der Waals surface area contributed by atoms with E-state index in [1.807, 2.05) is 31.1 Å². The lowest BCUT2D eigenvalue weighted by atomic mass is 9.99. The van der Waals surface area contributed by atoms with Gasteiger partial charge in [0.15, 0.2) is 0 Å². The molecule has 3 rings (SSSR count). The summed E-state index contributed by atoms with van der Waals surface area (Å²) >= 11 is 0. The highest BCUT2D eigenvalue weighted by molar-refractivity contribution is 6.05. The largest absolute Gasteiger partial charge is 0.392 e. The molecule has 33 heavy (non-hydrogen) atoms. The monoisotopic (exact) mass is 449 g/mol. The molecule has 0 spiro atoms. The molecule has 0 aliphatic carbocycles. The topological polar surface area (TPSA) is 127 Å². The molecule has 9 nitrogen and oxygen atoms in total. The van der Waals surface area contributed by atoms with Gasteiger partial charge in [-0.15, -0.1) is 0 Å². The molecule has 9 heteroatoms. The van der Waals surface area contributed by atoms with E-state index in [0.717, 1.165) is 5.69 Å². The van der Waals surface area contributed by atoms with Crippen LogP contribution in [0.2, 0.25) is 0 Å². The molecular formula is C24H27N5O4. The number of aliphatic hydroxyl groups excluding tert-OH is 1. The van der Waals surface area contributed by atoms with E-state index in [4.69, 9.17) is 0 Å². The van der Waals surface area contributed by atoms with Gasteiger partial charge in [-0.05, 0) is 48.9 Å². The van der Waals surface area contributed by atoms with E-state index in [1.165, 1.54) is 12.3 Å². The quantitative estimate of drug-likeness (QED) is 0.379. The SMILES string of the molecule is CCNC(=O)Nc1cc(-c2cccc(NC(=O)c3ccc(N(C)C)cc3)c2CO)c[nH]c1=O. The Morgan fingerprint density at radius 3 is 2.39 bits per heavy atom. The third kappa shape index (κ3) is 5.58. The molecule has 0 saturated carbocycles. The zero-order chi connectivity index (χ0) is 24.0. The van der Waals surface area contributed by atoms with E-state index in [1.54, 1.807) is 37.3 Å². The van der Waals surface area contributed by atoms with Crippen molar-refractivity contribution in [3.63, 3.8) is 0 Å². The first-order valence-electron chi connectivity index (χ1n) is 10.4. The molecule has 1 heterocycles. The number of amides is 3. The van der Waals surface area contributed by atoms with Gasteiger partial charge in [-0.25, -0.2) is 4.79 Å². The van der Waals surface area contributed by atoms with Crippen molar-refractivity contribution in [2.75, 3.05) is 36.2 Å². The van der Waals surface area contributed by atoms with E-state index in [-0.39, 0.29) is 18.2 Å². The predicted molar refractivity (Wildman–Crippen MR) is 130 cm³/mol. The first-order chi connectivity index (χ1) is 15.8. The van der Waals surface area contributed by atoms with Gasteiger partial charge in [-0.1, -0.05) is 12.1 Å². The summed E-state index contributed by atoms with van der Waals surface area (Å²) in [5.74, 6) is -0.313. The van der Waals surface area contributed by atoms with Crippen molar-refractivity contribution < 1.29 is 14.7 Å². The summed E-state index contributed by atoms with van der Waals surface area (Å²) in [7, 11) is 3.84. The van der Waals surface area contributed by atoms with Crippen LogP contribution in [0.25, 0.3) is 11.1 Å². The fraction of sp³-hybridized carbons (Fsp3) is 0.208. The molecule has 0 aliphatic heterocycles. The van der Waals surface area contributed by atoms with Crippen molar-refractivity contribution in [3.8, 4) is 11.1 Å². The second kappa shape index (κ2) is 10.5. The zero-order valence-electron chi connectivity index (χ0n) is 18.7. The maximum absolute atomic E-state index is 12.8. The molecule has 3 amide bonds. The number of benzene rings is 2. The molecule has 2 aromatic carbocycles. The number of aromatic nitrogens is 1. The molecule has 0 radical (unpaired) electrons. The van der Waals surface area contributed by atoms with Crippen LogP contribution in [-0.4, -0.2) is 42.7 Å². The number of aliphatic hydroxyl groups is 1. The molecule has 0 atom stereocenters. The van der Waals surface area contributed by atoms with Gasteiger partial charge < -0.3 is 30.9 Å². The van der Waals surface area contributed by atoms with Crippen molar-refractivity contribution in [3.05, 3.63) is 76.2 Å². The molecule has 172 valence electrons. The van der Waals surface area contributed by atoms with Crippen molar-refractivity contribution in [2.45, 2.75) is 13.5 Å². The first kappa shape index (κ1) is 23.6. The molecule has 0 saturated heterocycles. The number of hydrogen-bond acceptors (Lipinski definition) is 5. The van der Waals surface area contributed by atoms with Crippen molar-refractivity contribution in [1.82, 2.24) is 10.3 Å². The number of anilines is 3. The number of carbonyl (C=O) groups is 2. The average Bonchev–Trinajstić information content (AvgIpc) is 2.80. The molecule has 0 fully saturated rings. The molecular weight excluding hydrogens is 422 g/mol. The number of rotatable bonds is 7. The second-order valence-corrected chi connectivity index (χ2v) is 7.50. The maximum atomic E-state index is 12.8. The van der Waals surface area contributed by atoms with Crippen LogP contribution in [0.4, 0.5) is 21.9 Å². The second-order valence-electron chi connectivity index (χ2n) is 7.50. The predicted octanol–water partition coefficient (Wildman–Crippen LogP) is 2.99. The standard InChI is InChI=1S/C24H27N5O4/c1-4-25-24(33)28-21-12-16(13-26-23(21)32)18-6-5-7-20(19(18)14-30)27-22(31)15-8-10-17(11-9-15)29(2)3/h5-13,30H,4,14H2,1-3H3,(H,26,32)(H,27,31)(H2,25,28,33). The smallest absolute Gasteiger partial charge is 0.319 e. The molecule has 0 unspecified atom stereocenters. The Kier molecular flexibility index (Phi) is 7.47. The van der Waals surface area contributed by atoms with E-state index in [0.29, 0.717) is 34.5 Å². The Morgan fingerprint density at radius 1 is 1.03 bits per heavy atom. The van der Waals surface area contributed by atoms with E-state index in [9.17, 15) is 19.5 Å². The maximum Gasteiger partial charge on any atom is 0.319 e. The minimum atomic E-state index is -0.496. The number of carbonyl (C=O) groups excluding carboxylic acids is 2. The van der Waals surface area contributed by atoms with Gasteiger partial charge in [0.05, 0.1) is 6.61 Å². The zero-order valence-corrected chi connectivity index (χ0v) is 18.7. The fourth-order valence-electron chi connectivity index (χ4n) is 3.31. The van der Waals surface area contributed by atoms with Gasteiger partial charge in [0, 0.05) is 54.9 Å². The first-order valence-corrected chi connectivity index (χ1v) is 10.4. The summed E-state index contributed by atoms with van der Waals surface area (Å²) in [6, 6.07) is 13.4. The lowest BCUT2D eigenvalue weighted by molar-refractivity contribution is 0.102. The molecule has 0 aliphatic rings. The summed E-state index contributed by atoms with van der Waals surface area (Å²) in [4.78, 5) is 41.3. The highest BCUT2D eigenvalue weighted by atomic mass is 16.3. The summed E-state index contributed by atoms with van der Waals surface area (Å²) in [6.07, 6.45) is 1.49. The molecule has 0 bridgehead atoms. The van der Waals surface area contributed by atoms with Crippen LogP contribution in [0.15, 0.2) is 59.5 Å². The van der Waals surface area contributed by atoms with Crippen LogP contribution < -0.4 is 26.4 Å². The van der Waals surface area contributed by atoms with Crippen LogP contribution in [-0.2, 0) is 6.61 Å². The van der Waals surface area contributed by atoms with Crippen LogP contribution in [0, 0.1) is 0 Å². The molecule has 5 N–H and O–H groups in total. The summed E-state index contributed by atoms with van der Waals surface area (Å²) < 4.78 is 0. The van der Waals surface area contributed by atoms with Crippen molar-refractivity contribution >= 4 is 29.0 Å². The number of H-pyrrole nitrogens is 1. The van der Waals surface area contributed by atoms with Crippen molar-refractivity contribution in [1.29, 1.82) is 0 Å². The van der Waals surface area contributed by atoms with E-state index in [2.05, 4.69) is 20.9 Å². The Morgan fingerprint density at radius 2 is 1.76 bits per heavy atom. The lowest BCUT2D eigenvalue weighted by Crippen LogP contribution is -2.30. The van der Waals surface area contributed by atoms with Gasteiger partial charge in [0.1, 0.15) is 5.69 Å². The number of pyridine rings is 1. The number of nitrogens with one attached hydrogen (secondary N) is 4. The fourth-order valence-corrected chi connectivity index (χ4v) is 3.31. The molecule has 1 aromatic heterocycles. The van der Waals surface area contributed by atoms with Crippen LogP contribution in [0.3, 0.4) is 0 Å². The Balaban J connectivity index is 1.91. The van der Waals surface area contributed by atoms with Gasteiger partial charge in [0.2, 0.25) is 0 Å². The summed E-state index contributed by atoms with van der Waals surface area (Å²) in [5.41, 5.74) is 3.16. The Bertz CT molecular complexity index is 1200. The number of nitrogens with zero attached hydrogens (tertiary/aromatic N) is 1. The Labute approximate surface area is 191 Å². The Hall–Kier alpha value is -4.11. The van der Waals surface area contributed by atoms with Gasteiger partial charge >= 0.3 is 6.03 Å². The minimum Gasteiger partial charge on any atom is -0.392 e. The third-order valence-electron chi connectivity index (χ3n) is 5.03. The molecule has 3 aromatic rings. The van der Waals surface area contributed by atoms with Gasteiger partial charge in [-0.3, -0.25) is 9.59 Å². The lowest BCUT2D eigenvalue weighted by Gasteiger charge is -2.16.